The van der Waals surface area contributed by atoms with Gasteiger partial charge in [-0.3, -0.25) is 0 Å². The zero-order valence-corrected chi connectivity index (χ0v) is 11.7. The number of methoxy groups -OCH3 is 1. The topological polar surface area (TPSA) is 50.8 Å². The highest BCUT2D eigenvalue weighted by atomic mass is 16.5. The Morgan fingerprint density at radius 1 is 1.05 bits per heavy atom. The Hall–Kier alpha value is -2.36. The third-order valence-electron chi connectivity index (χ3n) is 3.47. The van der Waals surface area contributed by atoms with E-state index in [1.165, 1.54) is 11.1 Å². The molecule has 0 aliphatic carbocycles. The summed E-state index contributed by atoms with van der Waals surface area (Å²) < 4.78 is 5.11. The highest BCUT2D eigenvalue weighted by molar-refractivity contribution is 5.71. The van der Waals surface area contributed by atoms with E-state index in [0.717, 1.165) is 24.2 Å². The Balaban J connectivity index is 1.79. The van der Waals surface area contributed by atoms with Crippen molar-refractivity contribution in [1.29, 1.82) is 0 Å². The number of hydrogen-bond acceptors (Lipinski definition) is 3. The zero-order chi connectivity index (χ0) is 13.9. The van der Waals surface area contributed by atoms with Crippen LogP contribution in [0.5, 0.6) is 5.88 Å². The minimum Gasteiger partial charge on any atom is -0.481 e. The summed E-state index contributed by atoms with van der Waals surface area (Å²) in [6.07, 6.45) is 1.85. The summed E-state index contributed by atoms with van der Waals surface area (Å²) in [7, 11) is 1.61. The maximum absolute atomic E-state index is 5.11. The predicted octanol–water partition coefficient (Wildman–Crippen LogP) is 3.06. The summed E-state index contributed by atoms with van der Waals surface area (Å²) in [5.41, 5.74) is 4.34. The van der Waals surface area contributed by atoms with Crippen molar-refractivity contribution in [2.75, 3.05) is 7.11 Å². The summed E-state index contributed by atoms with van der Waals surface area (Å²) >= 11 is 0. The van der Waals surface area contributed by atoms with Crippen LogP contribution in [0.2, 0.25) is 0 Å². The SMILES string of the molecule is COc1ccc2[nH]c(CCc3ccccc3C)nc2n1. The van der Waals surface area contributed by atoms with Crippen molar-refractivity contribution in [2.45, 2.75) is 19.8 Å². The fraction of sp³-hybridized carbons (Fsp3) is 0.250. The minimum absolute atomic E-state index is 0.592. The molecule has 0 saturated carbocycles. The molecule has 0 fully saturated rings. The highest BCUT2D eigenvalue weighted by Gasteiger charge is 2.06. The molecule has 0 aliphatic heterocycles. The molecule has 0 aliphatic rings. The lowest BCUT2D eigenvalue weighted by molar-refractivity contribution is 0.399. The van der Waals surface area contributed by atoms with E-state index in [0.29, 0.717) is 11.5 Å². The average Bonchev–Trinajstić information content (AvgIpc) is 2.88. The van der Waals surface area contributed by atoms with Crippen molar-refractivity contribution in [2.24, 2.45) is 0 Å². The van der Waals surface area contributed by atoms with Gasteiger partial charge in [-0.25, -0.2) is 4.98 Å². The van der Waals surface area contributed by atoms with Crippen LogP contribution >= 0.6 is 0 Å². The van der Waals surface area contributed by atoms with Gasteiger partial charge in [0.2, 0.25) is 5.88 Å². The van der Waals surface area contributed by atoms with Crippen molar-refractivity contribution in [3.63, 3.8) is 0 Å². The molecule has 1 N–H and O–H groups in total. The van der Waals surface area contributed by atoms with Crippen molar-refractivity contribution >= 4 is 11.2 Å². The van der Waals surface area contributed by atoms with E-state index in [4.69, 9.17) is 4.74 Å². The van der Waals surface area contributed by atoms with E-state index in [-0.39, 0.29) is 0 Å². The smallest absolute Gasteiger partial charge is 0.215 e. The van der Waals surface area contributed by atoms with Crippen molar-refractivity contribution in [1.82, 2.24) is 15.0 Å². The lowest BCUT2D eigenvalue weighted by Crippen LogP contribution is -1.95. The average molecular weight is 267 g/mol. The van der Waals surface area contributed by atoms with Crippen molar-refractivity contribution in [3.8, 4) is 5.88 Å². The second kappa shape index (κ2) is 5.33. The van der Waals surface area contributed by atoms with Crippen molar-refractivity contribution in [3.05, 3.63) is 53.3 Å². The zero-order valence-electron chi connectivity index (χ0n) is 11.7. The molecule has 1 aromatic carbocycles. The Labute approximate surface area is 117 Å². The number of fused-ring (bicyclic) bond motifs is 1. The Kier molecular flexibility index (Phi) is 3.37. The molecule has 0 unspecified atom stereocenters. The van der Waals surface area contributed by atoms with E-state index in [9.17, 15) is 0 Å². The first-order valence-corrected chi connectivity index (χ1v) is 6.70. The van der Waals surface area contributed by atoms with Gasteiger partial charge in [-0.15, -0.1) is 0 Å². The van der Waals surface area contributed by atoms with Crippen LogP contribution in [0.25, 0.3) is 11.2 Å². The number of aromatic amines is 1. The third-order valence-corrected chi connectivity index (χ3v) is 3.47. The molecule has 4 heteroatoms. The molecule has 0 radical (unpaired) electrons. The molecule has 102 valence electrons. The monoisotopic (exact) mass is 267 g/mol. The van der Waals surface area contributed by atoms with Gasteiger partial charge in [0.25, 0.3) is 0 Å². The number of H-pyrrole nitrogens is 1. The van der Waals surface area contributed by atoms with Crippen LogP contribution < -0.4 is 4.74 Å². The van der Waals surface area contributed by atoms with E-state index in [1.54, 1.807) is 7.11 Å². The van der Waals surface area contributed by atoms with Gasteiger partial charge >= 0.3 is 0 Å². The first kappa shape index (κ1) is 12.7. The van der Waals surface area contributed by atoms with Crippen LogP contribution in [0, 0.1) is 6.92 Å². The number of aromatic nitrogens is 3. The van der Waals surface area contributed by atoms with E-state index in [2.05, 4.69) is 46.1 Å². The molecule has 0 amide bonds. The number of imidazole rings is 1. The fourth-order valence-corrected chi connectivity index (χ4v) is 2.30. The Morgan fingerprint density at radius 3 is 2.70 bits per heavy atom. The molecule has 0 saturated heterocycles. The van der Waals surface area contributed by atoms with Crippen LogP contribution in [-0.2, 0) is 12.8 Å². The van der Waals surface area contributed by atoms with E-state index in [1.807, 2.05) is 12.1 Å². The van der Waals surface area contributed by atoms with Gasteiger partial charge in [0.1, 0.15) is 5.82 Å². The van der Waals surface area contributed by atoms with Gasteiger partial charge in [-0.05, 0) is 30.5 Å². The lowest BCUT2D eigenvalue weighted by atomic mass is 10.0. The second-order valence-electron chi connectivity index (χ2n) is 4.83. The van der Waals surface area contributed by atoms with Crippen LogP contribution in [0.1, 0.15) is 17.0 Å². The minimum atomic E-state index is 0.592. The Bertz CT molecular complexity index is 733. The predicted molar refractivity (Wildman–Crippen MR) is 79.0 cm³/mol. The van der Waals surface area contributed by atoms with Crippen LogP contribution in [0.4, 0.5) is 0 Å². The van der Waals surface area contributed by atoms with Gasteiger partial charge in [0, 0.05) is 12.5 Å². The largest absolute Gasteiger partial charge is 0.481 e. The molecule has 0 spiro atoms. The molecule has 0 atom stereocenters. The maximum Gasteiger partial charge on any atom is 0.215 e. The third kappa shape index (κ3) is 2.50. The van der Waals surface area contributed by atoms with Gasteiger partial charge in [0.05, 0.1) is 12.6 Å². The molecule has 0 bridgehead atoms. The normalized spacial score (nSPS) is 10.9. The van der Waals surface area contributed by atoms with Crippen LogP contribution in [0.3, 0.4) is 0 Å². The molecular formula is C16H17N3O. The first-order valence-electron chi connectivity index (χ1n) is 6.70. The fourth-order valence-electron chi connectivity index (χ4n) is 2.30. The maximum atomic E-state index is 5.11. The van der Waals surface area contributed by atoms with Crippen molar-refractivity contribution < 1.29 is 4.74 Å². The number of benzene rings is 1. The highest BCUT2D eigenvalue weighted by Crippen LogP contribution is 2.16. The number of rotatable bonds is 4. The molecular weight excluding hydrogens is 250 g/mol. The molecule has 2 heterocycles. The molecule has 2 aromatic heterocycles. The van der Waals surface area contributed by atoms with Crippen LogP contribution in [-0.4, -0.2) is 22.1 Å². The summed E-state index contributed by atoms with van der Waals surface area (Å²) in [6.45, 7) is 2.14. The number of nitrogens with one attached hydrogen (secondary N) is 1. The standard InChI is InChI=1S/C16H17N3O/c1-11-5-3-4-6-12(11)7-9-14-17-13-8-10-15(20-2)19-16(13)18-14/h3-6,8,10H,7,9H2,1-2H3,(H,17,18,19). The van der Waals surface area contributed by atoms with Gasteiger partial charge in [0.15, 0.2) is 5.65 Å². The number of ether oxygens (including phenoxy) is 1. The summed E-state index contributed by atoms with van der Waals surface area (Å²) in [5.74, 6) is 1.55. The second-order valence-corrected chi connectivity index (χ2v) is 4.83. The lowest BCUT2D eigenvalue weighted by Gasteiger charge is -2.03. The molecule has 3 rings (SSSR count). The summed E-state index contributed by atoms with van der Waals surface area (Å²) in [5, 5.41) is 0. The molecule has 20 heavy (non-hydrogen) atoms. The summed E-state index contributed by atoms with van der Waals surface area (Å²) in [4.78, 5) is 12.1. The number of nitrogens with zero attached hydrogens (tertiary/aromatic N) is 2. The van der Waals surface area contributed by atoms with E-state index < -0.39 is 0 Å². The first-order chi connectivity index (χ1) is 9.76. The Morgan fingerprint density at radius 2 is 1.90 bits per heavy atom. The van der Waals surface area contributed by atoms with Gasteiger partial charge in [-0.2, -0.15) is 4.98 Å². The van der Waals surface area contributed by atoms with Gasteiger partial charge in [-0.1, -0.05) is 24.3 Å². The van der Waals surface area contributed by atoms with Gasteiger partial charge < -0.3 is 9.72 Å². The summed E-state index contributed by atoms with van der Waals surface area (Å²) in [6, 6.07) is 12.2. The number of pyridine rings is 1. The number of hydrogen-bond donors (Lipinski definition) is 1. The quantitative estimate of drug-likeness (QED) is 0.790. The number of aryl methyl sites for hydroxylation is 3. The molecule has 4 nitrogen and oxygen atoms in total. The molecule has 3 aromatic rings. The van der Waals surface area contributed by atoms with Crippen LogP contribution in [0.15, 0.2) is 36.4 Å². The van der Waals surface area contributed by atoms with E-state index >= 15 is 0 Å².